The van der Waals surface area contributed by atoms with E-state index in [9.17, 15) is 9.59 Å². The van der Waals surface area contributed by atoms with Gasteiger partial charge in [-0.1, -0.05) is 60.2 Å². The minimum Gasteiger partial charge on any atom is -0.463 e. The fourth-order valence-electron chi connectivity index (χ4n) is 3.22. The van der Waals surface area contributed by atoms with Crippen molar-refractivity contribution in [1.82, 2.24) is 25.5 Å². The molecule has 1 amide bonds. The molecule has 0 aliphatic carbocycles. The lowest BCUT2D eigenvalue weighted by atomic mass is 10.0. The van der Waals surface area contributed by atoms with E-state index in [1.165, 1.54) is 4.80 Å². The Labute approximate surface area is 188 Å². The van der Waals surface area contributed by atoms with Crippen molar-refractivity contribution in [3.63, 3.8) is 0 Å². The van der Waals surface area contributed by atoms with Crippen molar-refractivity contribution in [2.75, 3.05) is 0 Å². The number of aromatic nitrogens is 4. The normalized spacial score (nSPS) is 11.9. The molecule has 0 saturated heterocycles. The predicted molar refractivity (Wildman–Crippen MR) is 120 cm³/mol. The number of hydrogen-bond donors (Lipinski definition) is 1. The van der Waals surface area contributed by atoms with Crippen molar-refractivity contribution in [3.8, 4) is 11.4 Å². The number of benzene rings is 2. The third kappa shape index (κ3) is 7.01. The molecular weight excluding hydrogens is 406 g/mol. The van der Waals surface area contributed by atoms with E-state index in [-0.39, 0.29) is 30.8 Å². The molecule has 0 aliphatic rings. The smallest absolute Gasteiger partial charge is 0.308 e. The fourth-order valence-corrected chi connectivity index (χ4v) is 3.22. The molecule has 0 saturated carbocycles. The maximum Gasteiger partial charge on any atom is 0.308 e. The zero-order chi connectivity index (χ0) is 22.9. The summed E-state index contributed by atoms with van der Waals surface area (Å²) in [6.07, 6.45) is 0.711. The van der Waals surface area contributed by atoms with Crippen LogP contribution in [0.2, 0.25) is 0 Å². The van der Waals surface area contributed by atoms with Crippen LogP contribution in [0, 0.1) is 6.92 Å². The molecule has 2 aromatic carbocycles. The monoisotopic (exact) mass is 435 g/mol. The van der Waals surface area contributed by atoms with Crippen molar-refractivity contribution < 1.29 is 14.3 Å². The predicted octanol–water partition coefficient (Wildman–Crippen LogP) is 3.63. The van der Waals surface area contributed by atoms with Crippen LogP contribution in [0.5, 0.6) is 0 Å². The first-order chi connectivity index (χ1) is 15.4. The molecule has 8 heteroatoms. The van der Waals surface area contributed by atoms with Crippen LogP contribution in [-0.4, -0.2) is 38.2 Å². The number of esters is 1. The lowest BCUT2D eigenvalue weighted by molar-refractivity contribution is -0.148. The highest BCUT2D eigenvalue weighted by atomic mass is 16.5. The van der Waals surface area contributed by atoms with E-state index in [1.54, 1.807) is 13.8 Å². The van der Waals surface area contributed by atoms with Gasteiger partial charge in [0.15, 0.2) is 0 Å². The average molecular weight is 436 g/mol. The van der Waals surface area contributed by atoms with E-state index in [0.717, 1.165) is 16.7 Å². The minimum absolute atomic E-state index is 0.0814. The summed E-state index contributed by atoms with van der Waals surface area (Å²) in [6.45, 7) is 6.07. The highest BCUT2D eigenvalue weighted by Crippen LogP contribution is 2.19. The van der Waals surface area contributed by atoms with Crippen molar-refractivity contribution >= 4 is 11.9 Å². The number of aryl methyl sites for hydroxylation is 2. The molecule has 0 spiro atoms. The first-order valence-electron chi connectivity index (χ1n) is 10.8. The number of amides is 1. The van der Waals surface area contributed by atoms with Crippen LogP contribution >= 0.6 is 0 Å². The first kappa shape index (κ1) is 23.1. The van der Waals surface area contributed by atoms with Crippen LogP contribution in [0.25, 0.3) is 11.4 Å². The van der Waals surface area contributed by atoms with Crippen molar-refractivity contribution in [2.24, 2.45) is 0 Å². The van der Waals surface area contributed by atoms with Crippen LogP contribution in [-0.2, 0) is 20.9 Å². The van der Waals surface area contributed by atoms with Gasteiger partial charge in [0.25, 0.3) is 0 Å². The molecule has 0 fully saturated rings. The summed E-state index contributed by atoms with van der Waals surface area (Å²) in [6, 6.07) is 16.9. The first-order valence-corrected chi connectivity index (χ1v) is 10.8. The summed E-state index contributed by atoms with van der Waals surface area (Å²) >= 11 is 0. The van der Waals surface area contributed by atoms with Crippen LogP contribution in [0.4, 0.5) is 0 Å². The molecule has 3 rings (SSSR count). The zero-order valence-corrected chi connectivity index (χ0v) is 18.7. The van der Waals surface area contributed by atoms with Gasteiger partial charge in [-0.15, -0.1) is 10.2 Å². The summed E-state index contributed by atoms with van der Waals surface area (Å²) in [5, 5.41) is 15.5. The van der Waals surface area contributed by atoms with Gasteiger partial charge in [0.2, 0.25) is 11.7 Å². The number of rotatable bonds is 10. The van der Waals surface area contributed by atoms with Crippen LogP contribution in [0.1, 0.15) is 50.3 Å². The standard InChI is InChI=1S/C24H29N5O3/c1-17(2)32-23(31)16-21(19-13-11-18(3)12-14-19)25-22(30)10-7-15-29-27-24(26-28-29)20-8-5-4-6-9-20/h4-6,8-9,11-14,17,21H,7,10,15-16H2,1-3H3,(H,25,30). The largest absolute Gasteiger partial charge is 0.463 e. The second kappa shape index (κ2) is 11.2. The Kier molecular flexibility index (Phi) is 8.08. The summed E-state index contributed by atoms with van der Waals surface area (Å²) in [4.78, 5) is 26.3. The van der Waals surface area contributed by atoms with Crippen molar-refractivity contribution in [2.45, 2.75) is 58.7 Å². The lowest BCUT2D eigenvalue weighted by Crippen LogP contribution is -2.31. The van der Waals surface area contributed by atoms with E-state index in [1.807, 2.05) is 61.5 Å². The number of hydrogen-bond acceptors (Lipinski definition) is 6. The molecule has 168 valence electrons. The highest BCUT2D eigenvalue weighted by Gasteiger charge is 2.20. The molecule has 1 unspecified atom stereocenters. The second-order valence-electron chi connectivity index (χ2n) is 7.95. The molecular formula is C24H29N5O3. The summed E-state index contributed by atoms with van der Waals surface area (Å²) in [5.74, 6) is 0.0700. The van der Waals surface area contributed by atoms with E-state index in [4.69, 9.17) is 4.74 Å². The zero-order valence-electron chi connectivity index (χ0n) is 18.7. The SMILES string of the molecule is Cc1ccc(C(CC(=O)OC(C)C)NC(=O)CCCn2nnc(-c3ccccc3)n2)cc1. The number of carbonyl (C=O) groups excluding carboxylic acids is 2. The van der Waals surface area contributed by atoms with E-state index < -0.39 is 6.04 Å². The van der Waals surface area contributed by atoms with Crippen molar-refractivity contribution in [1.29, 1.82) is 0 Å². The van der Waals surface area contributed by atoms with Gasteiger partial charge in [-0.05, 0) is 38.0 Å². The Balaban J connectivity index is 1.54. The molecule has 3 aromatic rings. The van der Waals surface area contributed by atoms with Gasteiger partial charge in [-0.3, -0.25) is 9.59 Å². The molecule has 1 aromatic heterocycles. The van der Waals surface area contributed by atoms with Gasteiger partial charge in [0.05, 0.1) is 25.1 Å². The number of nitrogens with zero attached hydrogens (tertiary/aromatic N) is 4. The molecule has 0 radical (unpaired) electrons. The van der Waals surface area contributed by atoms with Crippen molar-refractivity contribution in [3.05, 3.63) is 65.7 Å². The number of carbonyl (C=O) groups is 2. The average Bonchev–Trinajstić information content (AvgIpc) is 3.23. The second-order valence-corrected chi connectivity index (χ2v) is 7.95. The molecule has 1 heterocycles. The summed E-state index contributed by atoms with van der Waals surface area (Å²) in [7, 11) is 0. The quantitative estimate of drug-likeness (QED) is 0.488. The maximum absolute atomic E-state index is 12.6. The fraction of sp³-hybridized carbons (Fsp3) is 0.375. The maximum atomic E-state index is 12.6. The van der Waals surface area contributed by atoms with Crippen LogP contribution in [0.15, 0.2) is 54.6 Å². The number of nitrogens with one attached hydrogen (secondary N) is 1. The van der Waals surface area contributed by atoms with E-state index in [2.05, 4.69) is 20.7 Å². The summed E-state index contributed by atoms with van der Waals surface area (Å²) < 4.78 is 5.27. The van der Waals surface area contributed by atoms with Gasteiger partial charge in [0.1, 0.15) is 0 Å². The van der Waals surface area contributed by atoms with E-state index in [0.29, 0.717) is 18.8 Å². The van der Waals surface area contributed by atoms with Gasteiger partial charge >= 0.3 is 5.97 Å². The van der Waals surface area contributed by atoms with Gasteiger partial charge in [-0.25, -0.2) is 0 Å². The molecule has 32 heavy (non-hydrogen) atoms. The summed E-state index contributed by atoms with van der Waals surface area (Å²) in [5.41, 5.74) is 2.87. The Morgan fingerprint density at radius 3 is 2.47 bits per heavy atom. The Morgan fingerprint density at radius 2 is 1.78 bits per heavy atom. The Bertz CT molecular complexity index is 1020. The molecule has 8 nitrogen and oxygen atoms in total. The third-order valence-electron chi connectivity index (χ3n) is 4.80. The third-order valence-corrected chi connectivity index (χ3v) is 4.80. The molecule has 1 N–H and O–H groups in total. The van der Waals surface area contributed by atoms with E-state index >= 15 is 0 Å². The Morgan fingerprint density at radius 1 is 1.06 bits per heavy atom. The molecule has 1 atom stereocenters. The van der Waals surface area contributed by atoms with Crippen LogP contribution in [0.3, 0.4) is 0 Å². The van der Waals surface area contributed by atoms with Gasteiger partial charge in [-0.2, -0.15) is 4.80 Å². The number of ether oxygens (including phenoxy) is 1. The minimum atomic E-state index is -0.441. The molecule has 0 bridgehead atoms. The number of tetrazole rings is 1. The molecule has 0 aliphatic heterocycles. The van der Waals surface area contributed by atoms with Gasteiger partial charge in [0, 0.05) is 12.0 Å². The Hall–Kier alpha value is -3.55. The lowest BCUT2D eigenvalue weighted by Gasteiger charge is -2.19. The van der Waals surface area contributed by atoms with Crippen LogP contribution < -0.4 is 5.32 Å². The highest BCUT2D eigenvalue weighted by molar-refractivity contribution is 5.78. The topological polar surface area (TPSA) is 99.0 Å². The van der Waals surface area contributed by atoms with Gasteiger partial charge < -0.3 is 10.1 Å².